The second-order valence-electron chi connectivity index (χ2n) is 5.08. The highest BCUT2D eigenvalue weighted by atomic mass is 32.2. The van der Waals surface area contributed by atoms with Crippen LogP contribution >= 0.6 is 0 Å². The molecule has 1 aromatic rings. The van der Waals surface area contributed by atoms with Crippen molar-refractivity contribution in [3.63, 3.8) is 0 Å². The molecule has 0 unspecified atom stereocenters. The average Bonchev–Trinajstić information content (AvgIpc) is 2.92. The molecular formula is C12H21N3O2S. The van der Waals surface area contributed by atoms with E-state index in [0.717, 1.165) is 18.8 Å². The summed E-state index contributed by atoms with van der Waals surface area (Å²) in [6, 6.07) is 0. The molecule has 6 heteroatoms. The van der Waals surface area contributed by atoms with Gasteiger partial charge < -0.3 is 0 Å². The highest BCUT2D eigenvalue weighted by Crippen LogP contribution is 2.30. The van der Waals surface area contributed by atoms with Crippen LogP contribution in [0, 0.1) is 11.8 Å². The topological polar surface area (TPSA) is 74.8 Å². The molecule has 2 N–H and O–H groups in total. The second-order valence-corrected chi connectivity index (χ2v) is 6.85. The van der Waals surface area contributed by atoms with Crippen LogP contribution in [0.15, 0.2) is 17.3 Å². The highest BCUT2D eigenvalue weighted by molar-refractivity contribution is 7.89. The molecule has 1 aliphatic rings. The molecule has 1 aromatic heterocycles. The SMILES string of the molecule is CCC1CCC(CNS(=O)(=O)c2cn[nH]c2)CC1. The lowest BCUT2D eigenvalue weighted by molar-refractivity contribution is 0.270. The molecule has 1 saturated carbocycles. The molecule has 0 amide bonds. The van der Waals surface area contributed by atoms with Gasteiger partial charge in [-0.25, -0.2) is 13.1 Å². The van der Waals surface area contributed by atoms with E-state index in [1.807, 2.05) is 0 Å². The van der Waals surface area contributed by atoms with Crippen molar-refractivity contribution in [1.29, 1.82) is 0 Å². The van der Waals surface area contributed by atoms with Crippen molar-refractivity contribution in [2.45, 2.75) is 43.9 Å². The van der Waals surface area contributed by atoms with E-state index in [1.165, 1.54) is 31.7 Å². The molecule has 0 spiro atoms. The number of nitrogens with one attached hydrogen (secondary N) is 2. The summed E-state index contributed by atoms with van der Waals surface area (Å²) in [5.74, 6) is 1.32. The van der Waals surface area contributed by atoms with Crippen LogP contribution in [-0.4, -0.2) is 25.2 Å². The number of aromatic nitrogens is 2. The van der Waals surface area contributed by atoms with Crippen LogP contribution in [0.5, 0.6) is 0 Å². The molecule has 1 fully saturated rings. The van der Waals surface area contributed by atoms with Crippen molar-refractivity contribution >= 4 is 10.0 Å². The van der Waals surface area contributed by atoms with Gasteiger partial charge in [0.1, 0.15) is 4.90 Å². The lowest BCUT2D eigenvalue weighted by atomic mass is 9.81. The number of aromatic amines is 1. The maximum Gasteiger partial charge on any atom is 0.243 e. The summed E-state index contributed by atoms with van der Waals surface area (Å²) < 4.78 is 26.4. The zero-order chi connectivity index (χ0) is 13.0. The van der Waals surface area contributed by atoms with Crippen LogP contribution in [0.2, 0.25) is 0 Å². The molecule has 0 radical (unpaired) electrons. The van der Waals surface area contributed by atoms with Gasteiger partial charge in [-0.1, -0.05) is 26.2 Å². The molecular weight excluding hydrogens is 250 g/mol. The molecule has 0 atom stereocenters. The first kappa shape index (κ1) is 13.5. The number of hydrogen-bond donors (Lipinski definition) is 2. The van der Waals surface area contributed by atoms with Crippen molar-refractivity contribution in [2.24, 2.45) is 11.8 Å². The highest BCUT2D eigenvalue weighted by Gasteiger charge is 2.22. The Bertz CT molecular complexity index is 448. The van der Waals surface area contributed by atoms with Gasteiger partial charge in [-0.3, -0.25) is 5.10 Å². The predicted octanol–water partition coefficient (Wildman–Crippen LogP) is 1.90. The van der Waals surface area contributed by atoms with Crippen molar-refractivity contribution in [1.82, 2.24) is 14.9 Å². The first-order valence-electron chi connectivity index (χ1n) is 6.60. The molecule has 1 heterocycles. The quantitative estimate of drug-likeness (QED) is 0.859. The van der Waals surface area contributed by atoms with E-state index in [1.54, 1.807) is 0 Å². The Morgan fingerprint density at radius 3 is 2.56 bits per heavy atom. The van der Waals surface area contributed by atoms with E-state index in [0.29, 0.717) is 12.5 Å². The third-order valence-electron chi connectivity index (χ3n) is 3.89. The minimum Gasteiger partial charge on any atom is -0.284 e. The van der Waals surface area contributed by atoms with Gasteiger partial charge in [0.2, 0.25) is 10.0 Å². The first-order chi connectivity index (χ1) is 8.62. The molecule has 0 bridgehead atoms. The van der Waals surface area contributed by atoms with Crippen LogP contribution < -0.4 is 4.72 Å². The van der Waals surface area contributed by atoms with Crippen LogP contribution in [-0.2, 0) is 10.0 Å². The van der Waals surface area contributed by atoms with E-state index < -0.39 is 10.0 Å². The molecule has 0 aliphatic heterocycles. The summed E-state index contributed by atoms with van der Waals surface area (Å²) in [7, 11) is -3.38. The second kappa shape index (κ2) is 5.84. The van der Waals surface area contributed by atoms with Crippen molar-refractivity contribution in [3.05, 3.63) is 12.4 Å². The van der Waals surface area contributed by atoms with Crippen molar-refractivity contribution in [2.75, 3.05) is 6.54 Å². The molecule has 5 nitrogen and oxygen atoms in total. The molecule has 0 aromatic carbocycles. The number of sulfonamides is 1. The van der Waals surface area contributed by atoms with Gasteiger partial charge in [0.25, 0.3) is 0 Å². The monoisotopic (exact) mass is 271 g/mol. The fourth-order valence-corrected chi connectivity index (χ4v) is 3.56. The van der Waals surface area contributed by atoms with Crippen molar-refractivity contribution < 1.29 is 8.42 Å². The van der Waals surface area contributed by atoms with E-state index >= 15 is 0 Å². The van der Waals surface area contributed by atoms with Crippen molar-refractivity contribution in [3.8, 4) is 0 Å². The smallest absolute Gasteiger partial charge is 0.243 e. The van der Waals surface area contributed by atoms with Gasteiger partial charge in [0.15, 0.2) is 0 Å². The van der Waals surface area contributed by atoms with Gasteiger partial charge in [0, 0.05) is 12.7 Å². The zero-order valence-electron chi connectivity index (χ0n) is 10.7. The minimum atomic E-state index is -3.38. The molecule has 1 aliphatic carbocycles. The first-order valence-corrected chi connectivity index (χ1v) is 8.08. The lowest BCUT2D eigenvalue weighted by Crippen LogP contribution is -2.31. The zero-order valence-corrected chi connectivity index (χ0v) is 11.5. The van der Waals surface area contributed by atoms with Crippen LogP contribution in [0.25, 0.3) is 0 Å². The number of H-pyrrole nitrogens is 1. The predicted molar refractivity (Wildman–Crippen MR) is 69.5 cm³/mol. The van der Waals surface area contributed by atoms with Gasteiger partial charge in [-0.2, -0.15) is 5.10 Å². The standard InChI is InChI=1S/C12H21N3O2S/c1-2-10-3-5-11(6-4-10)7-15-18(16,17)12-8-13-14-9-12/h8-11,15H,2-7H2,1H3,(H,13,14). The number of nitrogens with zero attached hydrogens (tertiary/aromatic N) is 1. The summed E-state index contributed by atoms with van der Waals surface area (Å²) in [6.07, 6.45) is 8.70. The Kier molecular flexibility index (Phi) is 4.40. The average molecular weight is 271 g/mol. The third kappa shape index (κ3) is 3.32. The summed E-state index contributed by atoms with van der Waals surface area (Å²) >= 11 is 0. The van der Waals surface area contributed by atoms with Gasteiger partial charge in [-0.05, 0) is 24.7 Å². The Hall–Kier alpha value is -0.880. The fraction of sp³-hybridized carbons (Fsp3) is 0.750. The summed E-state index contributed by atoms with van der Waals surface area (Å²) in [5, 5.41) is 6.18. The largest absolute Gasteiger partial charge is 0.284 e. The van der Waals surface area contributed by atoms with Crippen LogP contribution in [0.1, 0.15) is 39.0 Å². The number of hydrogen-bond acceptors (Lipinski definition) is 3. The van der Waals surface area contributed by atoms with E-state index in [-0.39, 0.29) is 4.90 Å². The maximum absolute atomic E-state index is 11.9. The summed E-state index contributed by atoms with van der Waals surface area (Å²) in [6.45, 7) is 2.77. The van der Waals surface area contributed by atoms with Gasteiger partial charge in [0.05, 0.1) is 6.20 Å². The number of rotatable bonds is 5. The Morgan fingerprint density at radius 1 is 1.33 bits per heavy atom. The van der Waals surface area contributed by atoms with E-state index in [4.69, 9.17) is 0 Å². The lowest BCUT2D eigenvalue weighted by Gasteiger charge is -2.27. The van der Waals surface area contributed by atoms with Crippen LogP contribution in [0.4, 0.5) is 0 Å². The molecule has 0 saturated heterocycles. The molecule has 18 heavy (non-hydrogen) atoms. The van der Waals surface area contributed by atoms with Gasteiger partial charge >= 0.3 is 0 Å². The summed E-state index contributed by atoms with van der Waals surface area (Å²) in [4.78, 5) is 0.213. The Balaban J connectivity index is 1.82. The molecule has 102 valence electrons. The summed E-state index contributed by atoms with van der Waals surface area (Å²) in [5.41, 5.74) is 0. The molecule has 2 rings (SSSR count). The van der Waals surface area contributed by atoms with E-state index in [9.17, 15) is 8.42 Å². The van der Waals surface area contributed by atoms with Crippen LogP contribution in [0.3, 0.4) is 0 Å². The Labute approximate surface area is 108 Å². The minimum absolute atomic E-state index is 0.213. The third-order valence-corrected chi connectivity index (χ3v) is 5.28. The maximum atomic E-state index is 11.9. The normalized spacial score (nSPS) is 25.2. The fourth-order valence-electron chi connectivity index (χ4n) is 2.54. The van der Waals surface area contributed by atoms with Gasteiger partial charge in [-0.15, -0.1) is 0 Å². The Morgan fingerprint density at radius 2 is 2.00 bits per heavy atom. The van der Waals surface area contributed by atoms with E-state index in [2.05, 4.69) is 21.8 Å².